The SMILES string of the molecule is CC(C)(C)OC(=O)N1Cc2c(c(Nc3ccc(C(=O)N4CCOCC4)cc3)cc(-c3c(F)cccc3F)[n+]2[O-])C1=O. The van der Waals surface area contributed by atoms with E-state index in [1.54, 1.807) is 49.9 Å². The topological polar surface area (TPSA) is 115 Å². The summed E-state index contributed by atoms with van der Waals surface area (Å²) < 4.78 is 40.4. The lowest BCUT2D eigenvalue weighted by atomic mass is 10.0. The minimum atomic E-state index is -0.972. The van der Waals surface area contributed by atoms with Crippen LogP contribution in [0.1, 0.15) is 47.2 Å². The summed E-state index contributed by atoms with van der Waals surface area (Å²) in [7, 11) is 0. The lowest BCUT2D eigenvalue weighted by molar-refractivity contribution is -0.602. The van der Waals surface area contributed by atoms with Gasteiger partial charge in [-0.2, -0.15) is 4.73 Å². The zero-order valence-electron chi connectivity index (χ0n) is 22.7. The number of aromatic nitrogens is 1. The summed E-state index contributed by atoms with van der Waals surface area (Å²) in [6, 6.07) is 10.8. The summed E-state index contributed by atoms with van der Waals surface area (Å²) in [5.74, 6) is -2.91. The monoisotopic (exact) mass is 566 g/mol. The molecule has 0 aliphatic carbocycles. The number of halogens is 2. The molecule has 1 fully saturated rings. The number of pyridine rings is 1. The molecule has 12 heteroatoms. The maximum Gasteiger partial charge on any atom is 0.417 e. The number of fused-ring (bicyclic) bond motifs is 1. The van der Waals surface area contributed by atoms with Gasteiger partial charge in [-0.25, -0.2) is 18.5 Å². The summed E-state index contributed by atoms with van der Waals surface area (Å²) in [5, 5.41) is 16.4. The van der Waals surface area contributed by atoms with Crippen molar-refractivity contribution in [2.75, 3.05) is 31.6 Å². The van der Waals surface area contributed by atoms with Crippen molar-refractivity contribution in [3.8, 4) is 11.3 Å². The number of benzene rings is 2. The Hall–Kier alpha value is -4.58. The van der Waals surface area contributed by atoms with E-state index in [9.17, 15) is 28.4 Å². The summed E-state index contributed by atoms with van der Waals surface area (Å²) in [6.07, 6.45) is -0.964. The fraction of sp³-hybridized carbons (Fsp3) is 0.310. The molecule has 2 aromatic carbocycles. The smallest absolute Gasteiger partial charge is 0.417 e. The lowest BCUT2D eigenvalue weighted by Gasteiger charge is -2.26. The van der Waals surface area contributed by atoms with Gasteiger partial charge in [-0.05, 0) is 57.2 Å². The van der Waals surface area contributed by atoms with Gasteiger partial charge in [0, 0.05) is 30.4 Å². The Labute approximate surface area is 234 Å². The molecule has 0 atom stereocenters. The Balaban J connectivity index is 1.54. The molecule has 0 spiro atoms. The number of nitrogens with one attached hydrogen (secondary N) is 1. The number of hydrogen-bond acceptors (Lipinski definition) is 7. The van der Waals surface area contributed by atoms with Crippen molar-refractivity contribution in [1.82, 2.24) is 9.80 Å². The zero-order valence-corrected chi connectivity index (χ0v) is 22.7. The molecule has 0 radical (unpaired) electrons. The van der Waals surface area contributed by atoms with Gasteiger partial charge in [0.05, 0.1) is 18.9 Å². The van der Waals surface area contributed by atoms with E-state index in [0.717, 1.165) is 23.1 Å². The van der Waals surface area contributed by atoms with Crippen molar-refractivity contribution in [2.45, 2.75) is 32.9 Å². The Morgan fingerprint density at radius 3 is 2.27 bits per heavy atom. The summed E-state index contributed by atoms with van der Waals surface area (Å²) in [5.41, 5.74) is -1.28. The first-order valence-electron chi connectivity index (χ1n) is 13.0. The van der Waals surface area contributed by atoms with Crippen molar-refractivity contribution >= 4 is 29.3 Å². The zero-order chi connectivity index (χ0) is 29.5. The third kappa shape index (κ3) is 5.55. The third-order valence-electron chi connectivity index (χ3n) is 6.61. The summed E-state index contributed by atoms with van der Waals surface area (Å²) in [6.45, 7) is 6.32. The number of carbonyl (C=O) groups excluding carboxylic acids is 3. The molecule has 5 rings (SSSR count). The van der Waals surface area contributed by atoms with Crippen LogP contribution in [0.3, 0.4) is 0 Å². The molecule has 3 heterocycles. The molecule has 0 saturated carbocycles. The van der Waals surface area contributed by atoms with Crippen molar-refractivity contribution in [2.24, 2.45) is 0 Å². The van der Waals surface area contributed by atoms with Gasteiger partial charge in [0.25, 0.3) is 11.8 Å². The number of ether oxygens (including phenoxy) is 2. The fourth-order valence-electron chi connectivity index (χ4n) is 4.69. The van der Waals surface area contributed by atoms with Crippen LogP contribution in [0.5, 0.6) is 0 Å². The molecule has 3 amide bonds. The van der Waals surface area contributed by atoms with E-state index < -0.39 is 41.3 Å². The number of carbonyl (C=O) groups is 3. The number of anilines is 2. The van der Waals surface area contributed by atoms with Crippen molar-refractivity contribution < 1.29 is 37.4 Å². The fourth-order valence-corrected chi connectivity index (χ4v) is 4.69. The van der Waals surface area contributed by atoms with Crippen LogP contribution in [0.4, 0.5) is 25.0 Å². The van der Waals surface area contributed by atoms with Crippen LogP contribution in [0.15, 0.2) is 48.5 Å². The van der Waals surface area contributed by atoms with Crippen molar-refractivity contribution in [3.05, 3.63) is 82.2 Å². The highest BCUT2D eigenvalue weighted by molar-refractivity contribution is 6.10. The number of morpholine rings is 1. The van der Waals surface area contributed by atoms with Crippen LogP contribution in [-0.4, -0.2) is 59.6 Å². The molecule has 2 aliphatic rings. The quantitative estimate of drug-likeness (QED) is 0.368. The highest BCUT2D eigenvalue weighted by atomic mass is 19.1. The number of amides is 3. The van der Waals surface area contributed by atoms with Gasteiger partial charge >= 0.3 is 6.09 Å². The first-order chi connectivity index (χ1) is 19.4. The lowest BCUT2D eigenvalue weighted by Crippen LogP contribution is -2.40. The first kappa shape index (κ1) is 28.0. The van der Waals surface area contributed by atoms with Crippen LogP contribution in [0, 0.1) is 16.8 Å². The van der Waals surface area contributed by atoms with Gasteiger partial charge < -0.3 is 24.9 Å². The van der Waals surface area contributed by atoms with Crippen LogP contribution >= 0.6 is 0 Å². The van der Waals surface area contributed by atoms with E-state index >= 15 is 0 Å². The summed E-state index contributed by atoms with van der Waals surface area (Å²) >= 11 is 0. The van der Waals surface area contributed by atoms with Gasteiger partial charge in [-0.15, -0.1) is 0 Å². The second-order valence-electron chi connectivity index (χ2n) is 10.6. The minimum Gasteiger partial charge on any atom is -0.618 e. The molecular formula is C29H28F2N4O6. The highest BCUT2D eigenvalue weighted by Gasteiger charge is 2.43. The van der Waals surface area contributed by atoms with E-state index in [0.29, 0.717) is 37.6 Å². The average Bonchev–Trinajstić information content (AvgIpc) is 3.28. The Morgan fingerprint density at radius 1 is 1.02 bits per heavy atom. The molecule has 10 nitrogen and oxygen atoms in total. The number of rotatable bonds is 4. The molecule has 2 aliphatic heterocycles. The van der Waals surface area contributed by atoms with Gasteiger partial charge in [0.1, 0.15) is 34.9 Å². The molecule has 0 unspecified atom stereocenters. The minimum absolute atomic E-state index is 0.0491. The van der Waals surface area contributed by atoms with Crippen molar-refractivity contribution in [1.29, 1.82) is 0 Å². The van der Waals surface area contributed by atoms with E-state index in [4.69, 9.17) is 9.47 Å². The molecule has 3 aromatic rings. The van der Waals surface area contributed by atoms with Crippen LogP contribution in [0.2, 0.25) is 0 Å². The van der Waals surface area contributed by atoms with E-state index in [1.165, 1.54) is 6.07 Å². The third-order valence-corrected chi connectivity index (χ3v) is 6.61. The largest absolute Gasteiger partial charge is 0.618 e. The highest BCUT2D eigenvalue weighted by Crippen LogP contribution is 2.35. The maximum absolute atomic E-state index is 14.8. The molecule has 1 aromatic heterocycles. The van der Waals surface area contributed by atoms with Crippen molar-refractivity contribution in [3.63, 3.8) is 0 Å². The van der Waals surface area contributed by atoms with Crippen LogP contribution in [0.25, 0.3) is 11.3 Å². The average molecular weight is 567 g/mol. The predicted molar refractivity (Wildman–Crippen MR) is 143 cm³/mol. The van der Waals surface area contributed by atoms with Crippen LogP contribution in [-0.2, 0) is 16.0 Å². The number of hydrogen-bond donors (Lipinski definition) is 1. The Morgan fingerprint density at radius 2 is 1.66 bits per heavy atom. The maximum atomic E-state index is 14.8. The van der Waals surface area contributed by atoms with E-state index in [1.807, 2.05) is 0 Å². The second kappa shape index (κ2) is 10.8. The summed E-state index contributed by atoms with van der Waals surface area (Å²) in [4.78, 5) is 41.5. The van der Waals surface area contributed by atoms with Gasteiger partial charge in [-0.3, -0.25) is 9.59 Å². The molecule has 0 bridgehead atoms. The predicted octanol–water partition coefficient (Wildman–Crippen LogP) is 4.37. The Bertz CT molecular complexity index is 1510. The van der Waals surface area contributed by atoms with Gasteiger partial charge in [0.15, 0.2) is 0 Å². The number of imide groups is 1. The second-order valence-corrected chi connectivity index (χ2v) is 10.6. The molecule has 1 saturated heterocycles. The molecule has 1 N–H and O–H groups in total. The number of nitrogens with zero attached hydrogens (tertiary/aromatic N) is 3. The van der Waals surface area contributed by atoms with Crippen LogP contribution < -0.4 is 10.0 Å². The normalized spacial score (nSPS) is 15.1. The first-order valence-corrected chi connectivity index (χ1v) is 13.0. The molecule has 41 heavy (non-hydrogen) atoms. The van der Waals surface area contributed by atoms with E-state index in [-0.39, 0.29) is 33.3 Å². The standard InChI is InChI=1S/C29H28F2N4O6/c1-29(2,3)41-28(38)34-16-23-25(27(34)37)21(15-22(35(23)39)24-19(30)5-4-6-20(24)31)32-18-9-7-17(8-10-18)26(36)33-11-13-40-14-12-33/h4-10,15,32H,11-14,16H2,1-3H3. The van der Waals surface area contributed by atoms with E-state index in [2.05, 4.69) is 5.32 Å². The van der Waals surface area contributed by atoms with Gasteiger partial charge in [-0.1, -0.05) is 6.07 Å². The Kier molecular flexibility index (Phi) is 7.35. The molecular weight excluding hydrogens is 538 g/mol. The van der Waals surface area contributed by atoms with Gasteiger partial charge in [0.2, 0.25) is 11.4 Å². The molecule has 214 valence electrons.